The van der Waals surface area contributed by atoms with Crippen LogP contribution in [0, 0.1) is 11.6 Å². The summed E-state index contributed by atoms with van der Waals surface area (Å²) in [6, 6.07) is 9.41. The van der Waals surface area contributed by atoms with Crippen molar-refractivity contribution in [2.75, 3.05) is 13.6 Å². The molecule has 3 aromatic rings. The Morgan fingerprint density at radius 3 is 2.48 bits per heavy atom. The monoisotopic (exact) mass is 367 g/mol. The third-order valence-electron chi connectivity index (χ3n) is 4.71. The van der Waals surface area contributed by atoms with Crippen LogP contribution in [0.5, 0.6) is 5.75 Å². The molecule has 138 valence electrons. The molecule has 0 amide bonds. The van der Waals surface area contributed by atoms with E-state index < -0.39 is 11.6 Å². The topological polar surface area (TPSA) is 38.2 Å². The summed E-state index contributed by atoms with van der Waals surface area (Å²) in [4.78, 5) is 10.4. The SMILES string of the molecule is CN1CCC(Oc2cc(F)cc(F)c2)c2ccc(-c3cncnc3)cc2C1. The van der Waals surface area contributed by atoms with Crippen molar-refractivity contribution in [3.8, 4) is 16.9 Å². The Kier molecular flexibility index (Phi) is 4.81. The smallest absolute Gasteiger partial charge is 0.129 e. The molecular weight excluding hydrogens is 348 g/mol. The molecule has 0 aliphatic carbocycles. The molecule has 1 aromatic heterocycles. The Bertz CT molecular complexity index is 929. The van der Waals surface area contributed by atoms with Crippen LogP contribution in [-0.4, -0.2) is 28.5 Å². The van der Waals surface area contributed by atoms with Crippen LogP contribution in [-0.2, 0) is 6.54 Å². The summed E-state index contributed by atoms with van der Waals surface area (Å²) in [6.45, 7) is 1.59. The van der Waals surface area contributed by atoms with Gasteiger partial charge in [0.2, 0.25) is 0 Å². The summed E-state index contributed by atoms with van der Waals surface area (Å²) in [5.41, 5.74) is 4.12. The van der Waals surface area contributed by atoms with Crippen molar-refractivity contribution in [2.45, 2.75) is 19.1 Å². The van der Waals surface area contributed by atoms with Gasteiger partial charge in [-0.3, -0.25) is 0 Å². The van der Waals surface area contributed by atoms with Gasteiger partial charge in [-0.15, -0.1) is 0 Å². The van der Waals surface area contributed by atoms with Crippen molar-refractivity contribution >= 4 is 0 Å². The van der Waals surface area contributed by atoms with Crippen LogP contribution in [0.15, 0.2) is 55.1 Å². The third kappa shape index (κ3) is 3.95. The number of benzene rings is 2. The fraction of sp³-hybridized carbons (Fsp3) is 0.238. The highest BCUT2D eigenvalue weighted by Gasteiger charge is 2.23. The molecule has 1 aliphatic heterocycles. The van der Waals surface area contributed by atoms with Crippen LogP contribution in [0.3, 0.4) is 0 Å². The molecule has 0 saturated carbocycles. The maximum Gasteiger partial charge on any atom is 0.129 e. The Morgan fingerprint density at radius 2 is 1.74 bits per heavy atom. The van der Waals surface area contributed by atoms with E-state index in [1.54, 1.807) is 12.4 Å². The zero-order valence-corrected chi connectivity index (χ0v) is 14.9. The highest BCUT2D eigenvalue weighted by atomic mass is 19.1. The summed E-state index contributed by atoms with van der Waals surface area (Å²) >= 11 is 0. The number of hydrogen-bond acceptors (Lipinski definition) is 4. The lowest BCUT2D eigenvalue weighted by Crippen LogP contribution is -2.18. The zero-order valence-electron chi connectivity index (χ0n) is 14.9. The average molecular weight is 367 g/mol. The standard InChI is InChI=1S/C21H19F2N3O/c1-26-5-4-21(27-19-8-17(22)7-18(23)9-19)20-3-2-14(6-15(20)12-26)16-10-24-13-25-11-16/h2-3,6-11,13,21H,4-5,12H2,1H3. The van der Waals surface area contributed by atoms with E-state index in [1.807, 2.05) is 19.2 Å². The van der Waals surface area contributed by atoms with Crippen LogP contribution in [0.1, 0.15) is 23.7 Å². The second kappa shape index (κ2) is 7.40. The molecule has 0 spiro atoms. The lowest BCUT2D eigenvalue weighted by Gasteiger charge is -2.20. The van der Waals surface area contributed by atoms with Crippen molar-refractivity contribution in [1.29, 1.82) is 0 Å². The highest BCUT2D eigenvalue weighted by Crippen LogP contribution is 2.33. The number of aromatic nitrogens is 2. The van der Waals surface area contributed by atoms with Gasteiger partial charge in [-0.05, 0) is 29.8 Å². The van der Waals surface area contributed by atoms with Crippen molar-refractivity contribution in [1.82, 2.24) is 14.9 Å². The predicted molar refractivity (Wildman–Crippen MR) is 98.1 cm³/mol. The van der Waals surface area contributed by atoms with Gasteiger partial charge in [-0.1, -0.05) is 12.1 Å². The maximum absolute atomic E-state index is 13.5. The largest absolute Gasteiger partial charge is 0.485 e. The summed E-state index contributed by atoms with van der Waals surface area (Å²) < 4.78 is 33.0. The molecular formula is C21H19F2N3O. The Balaban J connectivity index is 1.69. The molecule has 0 bridgehead atoms. The number of halogens is 2. The number of ether oxygens (including phenoxy) is 1. The quantitative estimate of drug-likeness (QED) is 0.689. The summed E-state index contributed by atoms with van der Waals surface area (Å²) in [5, 5.41) is 0. The first kappa shape index (κ1) is 17.5. The van der Waals surface area contributed by atoms with E-state index >= 15 is 0 Å². The van der Waals surface area contributed by atoms with Gasteiger partial charge in [0, 0.05) is 55.7 Å². The second-order valence-electron chi connectivity index (χ2n) is 6.78. The van der Waals surface area contributed by atoms with Crippen molar-refractivity contribution < 1.29 is 13.5 Å². The third-order valence-corrected chi connectivity index (χ3v) is 4.71. The highest BCUT2D eigenvalue weighted by molar-refractivity contribution is 5.63. The van der Waals surface area contributed by atoms with Crippen LogP contribution >= 0.6 is 0 Å². The van der Waals surface area contributed by atoms with Gasteiger partial charge < -0.3 is 9.64 Å². The number of fused-ring (bicyclic) bond motifs is 1. The van der Waals surface area contributed by atoms with Crippen LogP contribution in [0.25, 0.3) is 11.1 Å². The van der Waals surface area contributed by atoms with Gasteiger partial charge in [-0.2, -0.15) is 0 Å². The van der Waals surface area contributed by atoms with Crippen LogP contribution in [0.4, 0.5) is 8.78 Å². The van der Waals surface area contributed by atoms with E-state index in [0.29, 0.717) is 0 Å². The minimum atomic E-state index is -0.643. The molecule has 2 heterocycles. The molecule has 2 aromatic carbocycles. The molecule has 27 heavy (non-hydrogen) atoms. The van der Waals surface area contributed by atoms with Gasteiger partial charge in [0.15, 0.2) is 0 Å². The Labute approximate surface area is 156 Å². The Hall–Kier alpha value is -2.86. The maximum atomic E-state index is 13.5. The van der Waals surface area contributed by atoms with E-state index in [4.69, 9.17) is 4.74 Å². The van der Waals surface area contributed by atoms with Gasteiger partial charge in [0.25, 0.3) is 0 Å². The zero-order chi connectivity index (χ0) is 18.8. The molecule has 1 aliphatic rings. The van der Waals surface area contributed by atoms with E-state index in [-0.39, 0.29) is 11.9 Å². The van der Waals surface area contributed by atoms with Crippen molar-refractivity contribution in [3.63, 3.8) is 0 Å². The summed E-state index contributed by atoms with van der Waals surface area (Å²) in [6.07, 6.45) is 5.52. The summed E-state index contributed by atoms with van der Waals surface area (Å²) in [5.74, 6) is -1.08. The molecule has 0 fully saturated rings. The minimum Gasteiger partial charge on any atom is -0.485 e. The Morgan fingerprint density at radius 1 is 1.00 bits per heavy atom. The van der Waals surface area contributed by atoms with Gasteiger partial charge in [0.05, 0.1) is 0 Å². The fourth-order valence-corrected chi connectivity index (χ4v) is 3.43. The number of hydrogen-bond donors (Lipinski definition) is 0. The van der Waals surface area contributed by atoms with Crippen molar-refractivity contribution in [3.05, 3.63) is 77.9 Å². The van der Waals surface area contributed by atoms with E-state index in [1.165, 1.54) is 18.5 Å². The fourth-order valence-electron chi connectivity index (χ4n) is 3.43. The second-order valence-corrected chi connectivity index (χ2v) is 6.78. The molecule has 1 atom stereocenters. The minimum absolute atomic E-state index is 0.202. The molecule has 1 unspecified atom stereocenters. The van der Waals surface area contributed by atoms with E-state index in [9.17, 15) is 8.78 Å². The molecule has 0 radical (unpaired) electrons. The first-order chi connectivity index (χ1) is 13.1. The normalized spacial score (nSPS) is 17.2. The predicted octanol–water partition coefficient (Wildman–Crippen LogP) is 4.38. The molecule has 4 rings (SSSR count). The number of nitrogens with zero attached hydrogens (tertiary/aromatic N) is 3. The van der Waals surface area contributed by atoms with Crippen molar-refractivity contribution in [2.24, 2.45) is 0 Å². The van der Waals surface area contributed by atoms with Crippen LogP contribution in [0.2, 0.25) is 0 Å². The van der Waals surface area contributed by atoms with Crippen LogP contribution < -0.4 is 4.74 Å². The first-order valence-corrected chi connectivity index (χ1v) is 8.78. The van der Waals surface area contributed by atoms with Gasteiger partial charge in [0.1, 0.15) is 29.8 Å². The lowest BCUT2D eigenvalue weighted by molar-refractivity contribution is 0.181. The first-order valence-electron chi connectivity index (χ1n) is 8.78. The molecule has 4 nitrogen and oxygen atoms in total. The lowest BCUT2D eigenvalue weighted by atomic mass is 9.97. The summed E-state index contributed by atoms with van der Waals surface area (Å²) in [7, 11) is 2.05. The molecule has 0 saturated heterocycles. The van der Waals surface area contributed by atoms with E-state index in [0.717, 1.165) is 47.8 Å². The average Bonchev–Trinajstić information content (AvgIpc) is 2.80. The number of rotatable bonds is 3. The molecule has 6 heteroatoms. The van der Waals surface area contributed by atoms with Gasteiger partial charge in [-0.25, -0.2) is 18.7 Å². The molecule has 0 N–H and O–H groups in total. The van der Waals surface area contributed by atoms with Gasteiger partial charge >= 0.3 is 0 Å². The van der Waals surface area contributed by atoms with E-state index in [2.05, 4.69) is 20.9 Å².